The molecule has 2 aromatic heterocycles. The van der Waals surface area contributed by atoms with Crippen LogP contribution in [0.15, 0.2) is 11.1 Å². The molecule has 3 rings (SSSR count). The number of rotatable bonds is 10. The third kappa shape index (κ3) is 6.97. The van der Waals surface area contributed by atoms with Crippen LogP contribution < -0.4 is 11.3 Å². The van der Waals surface area contributed by atoms with Gasteiger partial charge in [-0.05, 0) is 0 Å². The number of aliphatic hydroxyl groups excluding tert-OH is 7. The highest BCUT2D eigenvalue weighted by atomic mass is 31.3. The number of aldehydes is 1. The molecule has 9 atom stereocenters. The Morgan fingerprint density at radius 3 is 2.27 bits per heavy atom. The predicted octanol–water partition coefficient (Wildman–Crippen LogP) is -6.44. The minimum absolute atomic E-state index is 0.0388. The molecule has 228 valence electrons. The van der Waals surface area contributed by atoms with Gasteiger partial charge in [0.25, 0.3) is 5.56 Å². The molecule has 2 aromatic rings. The Bertz CT molecular complexity index is 1330. The number of nitrogen functional groups attached to an aromatic ring is 1. The number of fused-ring (bicyclic) bond motifs is 1. The molecule has 0 bridgehead atoms. The molecule has 0 saturated carbocycles. The third-order valence-corrected chi connectivity index (χ3v) is 8.59. The number of ether oxygens (including phenoxy) is 1. The van der Waals surface area contributed by atoms with Gasteiger partial charge in [-0.2, -0.15) is 4.98 Å². The van der Waals surface area contributed by atoms with E-state index >= 15 is 0 Å². The predicted molar refractivity (Wildman–Crippen MR) is 125 cm³/mol. The zero-order valence-electron chi connectivity index (χ0n) is 19.8. The number of carbonyl (C=O) groups is 1. The Balaban J connectivity index is 0.000000280. The first-order valence-corrected chi connectivity index (χ1v) is 13.7. The average Bonchev–Trinajstić information content (AvgIpc) is 3.41. The van der Waals surface area contributed by atoms with Crippen LogP contribution in [0.25, 0.3) is 11.2 Å². The van der Waals surface area contributed by atoms with Crippen LogP contribution in [0.4, 0.5) is 5.95 Å². The summed E-state index contributed by atoms with van der Waals surface area (Å²) in [6.45, 7) is -2.23. The van der Waals surface area contributed by atoms with Crippen molar-refractivity contribution in [3.63, 3.8) is 0 Å². The highest BCUT2D eigenvalue weighted by molar-refractivity contribution is 7.64. The SMILES string of the molecule is Nc1nc2c(ncn2[C@@H]2O[C@H](CO)[C@@H](O)[C@H]2O)c(=O)[nH]1.O=C[C@@H](O)[C@@H](O)[C@H](O)[C@](O)(CO)P(=O)(O)OP(=O)(O)O. The van der Waals surface area contributed by atoms with Gasteiger partial charge < -0.3 is 70.8 Å². The molecule has 1 saturated heterocycles. The number of phosphoric acid groups is 1. The van der Waals surface area contributed by atoms with E-state index in [0.717, 1.165) is 0 Å². The second-order valence-corrected chi connectivity index (χ2v) is 11.6. The molecule has 0 aliphatic carbocycles. The number of aromatic nitrogens is 4. The molecule has 0 amide bonds. The molecular weight excluding hydrogens is 596 g/mol. The molecule has 3 heterocycles. The number of nitrogens with one attached hydrogen (secondary N) is 1. The monoisotopic (exact) mass is 623 g/mol. The maximum Gasteiger partial charge on any atom is 0.476 e. The molecule has 1 fully saturated rings. The van der Waals surface area contributed by atoms with Gasteiger partial charge in [0.1, 0.15) is 36.6 Å². The van der Waals surface area contributed by atoms with Crippen molar-refractivity contribution in [1.82, 2.24) is 19.5 Å². The van der Waals surface area contributed by atoms with E-state index in [2.05, 4.69) is 19.3 Å². The molecule has 1 aliphatic heterocycles. The summed E-state index contributed by atoms with van der Waals surface area (Å²) in [4.78, 5) is 58.0. The number of nitrogens with zero attached hydrogens (tertiary/aromatic N) is 3. The van der Waals surface area contributed by atoms with E-state index in [1.54, 1.807) is 0 Å². The lowest BCUT2D eigenvalue weighted by molar-refractivity contribution is -0.147. The minimum atomic E-state index is -5.79. The Kier molecular flexibility index (Phi) is 10.8. The first-order valence-electron chi connectivity index (χ1n) is 10.6. The van der Waals surface area contributed by atoms with Crippen LogP contribution in [0.2, 0.25) is 0 Å². The number of carbonyl (C=O) groups excluding carboxylic acids is 1. The molecule has 14 N–H and O–H groups in total. The average molecular weight is 623 g/mol. The smallest absolute Gasteiger partial charge is 0.394 e. The van der Waals surface area contributed by atoms with Crippen LogP contribution in [0.3, 0.4) is 0 Å². The molecule has 0 aromatic carbocycles. The molecule has 40 heavy (non-hydrogen) atoms. The van der Waals surface area contributed by atoms with Crippen molar-refractivity contribution >= 4 is 38.8 Å². The van der Waals surface area contributed by atoms with Crippen molar-refractivity contribution in [2.24, 2.45) is 0 Å². The van der Waals surface area contributed by atoms with Crippen LogP contribution in [-0.2, 0) is 23.0 Å². The van der Waals surface area contributed by atoms with E-state index in [-0.39, 0.29) is 23.4 Å². The van der Waals surface area contributed by atoms with Crippen LogP contribution in [-0.4, -0.2) is 137 Å². The van der Waals surface area contributed by atoms with Crippen molar-refractivity contribution in [1.29, 1.82) is 0 Å². The van der Waals surface area contributed by atoms with Gasteiger partial charge in [-0.25, -0.2) is 13.9 Å². The lowest BCUT2D eigenvalue weighted by Gasteiger charge is -2.36. The summed E-state index contributed by atoms with van der Waals surface area (Å²) in [6.07, 6.45) is -11.2. The van der Waals surface area contributed by atoms with Crippen LogP contribution in [0.5, 0.6) is 0 Å². The minimum Gasteiger partial charge on any atom is -0.394 e. The van der Waals surface area contributed by atoms with Gasteiger partial charge in [0.15, 0.2) is 23.7 Å². The third-order valence-electron chi connectivity index (χ3n) is 5.47. The summed E-state index contributed by atoms with van der Waals surface area (Å²) in [6, 6.07) is 0. The number of H-pyrrole nitrogens is 1. The van der Waals surface area contributed by atoms with Crippen LogP contribution in [0, 0.1) is 0 Å². The summed E-state index contributed by atoms with van der Waals surface area (Å²) in [5, 5.41) is 71.1. The molecule has 1 unspecified atom stereocenters. The zero-order valence-corrected chi connectivity index (χ0v) is 21.6. The topological polar surface area (TPSA) is 382 Å². The number of aliphatic hydroxyl groups is 8. The first kappa shape index (κ1) is 34.0. The standard InChI is InChI=1S/C10H13N5O5.C6H14O12P2/c11-10-13-7-4(8(19)14-10)12-2-15(7)9-6(18)5(17)3(1-16)20-9;7-1-3(9)4(10)5(11)6(12,2-8)19(13,14)18-20(15,16)17/h2-3,5-6,9,16-18H,1H2,(H3,11,13,14,19);1,3-5,8-12H,2H2,(H,13,14)(H2,15,16,17)/t3-,5-,6-,9-;3-,4-,5+,6+/m11/s1. The van der Waals surface area contributed by atoms with E-state index in [1.165, 1.54) is 10.9 Å². The van der Waals surface area contributed by atoms with Gasteiger partial charge in [-0.3, -0.25) is 18.9 Å². The summed E-state index contributed by atoms with van der Waals surface area (Å²) in [5.74, 6) is -0.101. The molecule has 0 radical (unpaired) electrons. The first-order chi connectivity index (χ1) is 18.3. The highest BCUT2D eigenvalue weighted by Gasteiger charge is 2.58. The summed E-state index contributed by atoms with van der Waals surface area (Å²) < 4.78 is 32.1. The second kappa shape index (κ2) is 12.7. The van der Waals surface area contributed by atoms with E-state index < -0.39 is 82.4 Å². The number of aromatic amines is 1. The Morgan fingerprint density at radius 2 is 1.80 bits per heavy atom. The lowest BCUT2D eigenvalue weighted by atomic mass is 10.0. The molecule has 24 heteroatoms. The molecule has 22 nitrogen and oxygen atoms in total. The van der Waals surface area contributed by atoms with Gasteiger partial charge in [0, 0.05) is 0 Å². The fraction of sp³-hybridized carbons (Fsp3) is 0.625. The van der Waals surface area contributed by atoms with E-state index in [0.29, 0.717) is 0 Å². The van der Waals surface area contributed by atoms with Crippen molar-refractivity contribution < 1.29 is 78.5 Å². The largest absolute Gasteiger partial charge is 0.476 e. The van der Waals surface area contributed by atoms with Gasteiger partial charge in [-0.15, -0.1) is 0 Å². The number of hydrogen-bond acceptors (Lipinski definition) is 17. The summed E-state index contributed by atoms with van der Waals surface area (Å²) in [7, 11) is -11.4. The van der Waals surface area contributed by atoms with Gasteiger partial charge in [-0.1, -0.05) is 0 Å². The number of imidazole rings is 1. The van der Waals surface area contributed by atoms with Crippen molar-refractivity contribution in [3.8, 4) is 0 Å². The maximum absolute atomic E-state index is 11.7. The normalized spacial score (nSPS) is 26.7. The molecular formula is C16H27N5O17P2. The second-order valence-electron chi connectivity index (χ2n) is 8.20. The number of hydrogen-bond donors (Lipinski definition) is 13. The quantitative estimate of drug-likeness (QED) is 0.0863. The Labute approximate surface area is 221 Å². The zero-order chi connectivity index (χ0) is 30.8. The van der Waals surface area contributed by atoms with Gasteiger partial charge in [0.2, 0.25) is 11.3 Å². The highest BCUT2D eigenvalue weighted by Crippen LogP contribution is 2.64. The summed E-state index contributed by atoms with van der Waals surface area (Å²) in [5.41, 5.74) is 5.12. The lowest BCUT2D eigenvalue weighted by Crippen LogP contribution is -2.55. The molecule has 0 spiro atoms. The van der Waals surface area contributed by atoms with Crippen LogP contribution in [0.1, 0.15) is 6.23 Å². The maximum atomic E-state index is 11.7. The fourth-order valence-electron chi connectivity index (χ4n) is 3.34. The van der Waals surface area contributed by atoms with E-state index in [1.807, 2.05) is 0 Å². The van der Waals surface area contributed by atoms with Crippen molar-refractivity contribution in [3.05, 3.63) is 16.7 Å². The molecule has 1 aliphatic rings. The Hall–Kier alpha value is -2.24. The van der Waals surface area contributed by atoms with Gasteiger partial charge >= 0.3 is 15.4 Å². The fourth-order valence-corrected chi connectivity index (χ4v) is 5.73. The number of anilines is 1. The Morgan fingerprint density at radius 1 is 1.20 bits per heavy atom. The number of nitrogens with two attached hydrogens (primary N) is 1. The van der Waals surface area contributed by atoms with Crippen molar-refractivity contribution in [2.45, 2.75) is 48.2 Å². The van der Waals surface area contributed by atoms with Gasteiger partial charge in [0.05, 0.1) is 19.5 Å². The van der Waals surface area contributed by atoms with E-state index in [9.17, 15) is 49.1 Å². The summed E-state index contributed by atoms with van der Waals surface area (Å²) >= 11 is 0. The van der Waals surface area contributed by atoms with Crippen LogP contribution >= 0.6 is 15.4 Å². The van der Waals surface area contributed by atoms with E-state index in [4.69, 9.17) is 35.6 Å². The van der Waals surface area contributed by atoms with Crippen molar-refractivity contribution in [2.75, 3.05) is 18.9 Å².